The molecule has 118 valence electrons. The van der Waals surface area contributed by atoms with Crippen LogP contribution in [0.4, 0.5) is 5.69 Å². The van der Waals surface area contributed by atoms with E-state index < -0.39 is 0 Å². The fourth-order valence-corrected chi connectivity index (χ4v) is 2.11. The fourth-order valence-electron chi connectivity index (χ4n) is 2.11. The first-order chi connectivity index (χ1) is 10.7. The summed E-state index contributed by atoms with van der Waals surface area (Å²) in [5.74, 6) is 1.88. The van der Waals surface area contributed by atoms with Crippen LogP contribution in [0.15, 0.2) is 42.5 Å². The van der Waals surface area contributed by atoms with Crippen LogP contribution in [-0.4, -0.2) is 19.8 Å². The van der Waals surface area contributed by atoms with Gasteiger partial charge in [0.2, 0.25) is 0 Å². The van der Waals surface area contributed by atoms with Crippen LogP contribution in [0.1, 0.15) is 24.5 Å². The molecule has 22 heavy (non-hydrogen) atoms. The molecule has 0 aromatic heterocycles. The number of ether oxygens (including phenoxy) is 2. The van der Waals surface area contributed by atoms with Crippen molar-refractivity contribution in [1.29, 1.82) is 0 Å². The monoisotopic (exact) mass is 299 g/mol. The summed E-state index contributed by atoms with van der Waals surface area (Å²) in [5, 5.41) is 3.35. The zero-order chi connectivity index (χ0) is 15.8. The summed E-state index contributed by atoms with van der Waals surface area (Å²) in [6.45, 7) is 8.41. The summed E-state index contributed by atoms with van der Waals surface area (Å²) >= 11 is 0. The van der Waals surface area contributed by atoms with E-state index in [4.69, 9.17) is 9.47 Å². The number of anilines is 1. The summed E-state index contributed by atoms with van der Waals surface area (Å²) in [6, 6.07) is 14.3. The molecule has 2 aromatic rings. The molecule has 0 bridgehead atoms. The molecule has 0 fully saturated rings. The van der Waals surface area contributed by atoms with Crippen molar-refractivity contribution in [2.75, 3.05) is 25.1 Å². The first-order valence-corrected chi connectivity index (χ1v) is 7.86. The predicted octanol–water partition coefficient (Wildman–Crippen LogP) is 4.58. The van der Waals surface area contributed by atoms with Crippen LogP contribution in [0, 0.1) is 13.8 Å². The van der Waals surface area contributed by atoms with Crippen molar-refractivity contribution in [3.8, 4) is 11.5 Å². The van der Waals surface area contributed by atoms with Gasteiger partial charge in [0.05, 0.1) is 6.61 Å². The van der Waals surface area contributed by atoms with Gasteiger partial charge in [0.25, 0.3) is 0 Å². The van der Waals surface area contributed by atoms with Gasteiger partial charge in [0, 0.05) is 12.2 Å². The lowest BCUT2D eigenvalue weighted by molar-refractivity contribution is 0.317. The number of aryl methyl sites for hydroxylation is 2. The fraction of sp³-hybridized carbons (Fsp3) is 0.368. The molecule has 0 saturated carbocycles. The minimum atomic E-state index is 0.637. The molecule has 2 rings (SSSR count). The Kier molecular flexibility index (Phi) is 6.13. The molecule has 0 radical (unpaired) electrons. The Balaban J connectivity index is 1.75. The lowest BCUT2D eigenvalue weighted by atomic mass is 10.1. The maximum atomic E-state index is 5.83. The van der Waals surface area contributed by atoms with Gasteiger partial charge in [-0.1, -0.05) is 19.1 Å². The van der Waals surface area contributed by atoms with Gasteiger partial charge in [0.15, 0.2) is 0 Å². The van der Waals surface area contributed by atoms with Crippen molar-refractivity contribution in [1.82, 2.24) is 0 Å². The molecule has 2 aromatic carbocycles. The van der Waals surface area contributed by atoms with Gasteiger partial charge in [-0.2, -0.15) is 0 Å². The SMILES string of the molecule is CCCOc1ccc(NCCOc2cc(C)ccc2C)cc1. The van der Waals surface area contributed by atoms with E-state index in [9.17, 15) is 0 Å². The molecule has 0 unspecified atom stereocenters. The van der Waals surface area contributed by atoms with E-state index in [0.29, 0.717) is 6.61 Å². The van der Waals surface area contributed by atoms with Gasteiger partial charge in [-0.05, 0) is 61.7 Å². The Morgan fingerprint density at radius 3 is 2.41 bits per heavy atom. The Hall–Kier alpha value is -2.16. The normalized spacial score (nSPS) is 10.3. The third-order valence-electron chi connectivity index (χ3n) is 3.36. The Morgan fingerprint density at radius 1 is 0.909 bits per heavy atom. The van der Waals surface area contributed by atoms with E-state index in [1.165, 1.54) is 11.1 Å². The average Bonchev–Trinajstić information content (AvgIpc) is 2.54. The van der Waals surface area contributed by atoms with Crippen LogP contribution in [0.3, 0.4) is 0 Å². The summed E-state index contributed by atoms with van der Waals surface area (Å²) in [6.07, 6.45) is 1.02. The van der Waals surface area contributed by atoms with Gasteiger partial charge >= 0.3 is 0 Å². The summed E-state index contributed by atoms with van der Waals surface area (Å²) in [4.78, 5) is 0. The van der Waals surface area contributed by atoms with Gasteiger partial charge in [-0.25, -0.2) is 0 Å². The van der Waals surface area contributed by atoms with Crippen LogP contribution >= 0.6 is 0 Å². The first-order valence-electron chi connectivity index (χ1n) is 7.86. The molecule has 0 aliphatic carbocycles. The molecular weight excluding hydrogens is 274 g/mol. The number of rotatable bonds is 8. The second kappa shape index (κ2) is 8.32. The van der Waals surface area contributed by atoms with Crippen molar-refractivity contribution < 1.29 is 9.47 Å². The molecule has 0 aliphatic heterocycles. The smallest absolute Gasteiger partial charge is 0.122 e. The quantitative estimate of drug-likeness (QED) is 0.724. The van der Waals surface area contributed by atoms with E-state index >= 15 is 0 Å². The third kappa shape index (κ3) is 4.99. The highest BCUT2D eigenvalue weighted by atomic mass is 16.5. The highest BCUT2D eigenvalue weighted by molar-refractivity contribution is 5.46. The highest BCUT2D eigenvalue weighted by Gasteiger charge is 2.00. The van der Waals surface area contributed by atoms with Gasteiger partial charge in [0.1, 0.15) is 18.1 Å². The molecule has 3 nitrogen and oxygen atoms in total. The van der Waals surface area contributed by atoms with Crippen molar-refractivity contribution in [2.24, 2.45) is 0 Å². The minimum absolute atomic E-state index is 0.637. The van der Waals surface area contributed by atoms with Crippen LogP contribution in [-0.2, 0) is 0 Å². The lowest BCUT2D eigenvalue weighted by Gasteiger charge is -2.11. The van der Waals surface area contributed by atoms with Crippen molar-refractivity contribution in [3.05, 3.63) is 53.6 Å². The van der Waals surface area contributed by atoms with Crippen molar-refractivity contribution in [2.45, 2.75) is 27.2 Å². The second-order valence-electron chi connectivity index (χ2n) is 5.42. The number of benzene rings is 2. The molecule has 0 atom stereocenters. The molecule has 0 heterocycles. The zero-order valence-electron chi connectivity index (χ0n) is 13.7. The van der Waals surface area contributed by atoms with Gasteiger partial charge in [-0.3, -0.25) is 0 Å². The third-order valence-corrected chi connectivity index (χ3v) is 3.36. The Labute approximate surface area is 133 Å². The molecule has 1 N–H and O–H groups in total. The van der Waals surface area contributed by atoms with Crippen LogP contribution in [0.5, 0.6) is 11.5 Å². The Bertz CT molecular complexity index is 578. The molecule has 0 spiro atoms. The van der Waals surface area contributed by atoms with E-state index in [2.05, 4.69) is 44.3 Å². The topological polar surface area (TPSA) is 30.5 Å². The van der Waals surface area contributed by atoms with E-state index in [-0.39, 0.29) is 0 Å². The summed E-state index contributed by atoms with van der Waals surface area (Å²) < 4.78 is 11.4. The maximum absolute atomic E-state index is 5.83. The largest absolute Gasteiger partial charge is 0.494 e. The number of hydrogen-bond donors (Lipinski definition) is 1. The van der Waals surface area contributed by atoms with E-state index in [0.717, 1.165) is 36.8 Å². The zero-order valence-corrected chi connectivity index (χ0v) is 13.7. The maximum Gasteiger partial charge on any atom is 0.122 e. The van der Waals surface area contributed by atoms with Crippen molar-refractivity contribution in [3.63, 3.8) is 0 Å². The molecular formula is C19H25NO2. The number of hydrogen-bond acceptors (Lipinski definition) is 3. The number of nitrogens with one attached hydrogen (secondary N) is 1. The highest BCUT2D eigenvalue weighted by Crippen LogP contribution is 2.19. The van der Waals surface area contributed by atoms with Gasteiger partial charge < -0.3 is 14.8 Å². The predicted molar refractivity (Wildman–Crippen MR) is 92.1 cm³/mol. The van der Waals surface area contributed by atoms with Crippen LogP contribution in [0.2, 0.25) is 0 Å². The Morgan fingerprint density at radius 2 is 1.68 bits per heavy atom. The molecule has 0 saturated heterocycles. The summed E-state index contributed by atoms with van der Waals surface area (Å²) in [7, 11) is 0. The van der Waals surface area contributed by atoms with Crippen LogP contribution < -0.4 is 14.8 Å². The lowest BCUT2D eigenvalue weighted by Crippen LogP contribution is -2.12. The van der Waals surface area contributed by atoms with Crippen LogP contribution in [0.25, 0.3) is 0 Å². The van der Waals surface area contributed by atoms with Gasteiger partial charge in [-0.15, -0.1) is 0 Å². The molecule has 3 heteroatoms. The second-order valence-corrected chi connectivity index (χ2v) is 5.42. The van der Waals surface area contributed by atoms with Crippen molar-refractivity contribution >= 4 is 5.69 Å². The average molecular weight is 299 g/mol. The molecule has 0 aliphatic rings. The molecule has 0 amide bonds. The van der Waals surface area contributed by atoms with E-state index in [1.807, 2.05) is 24.3 Å². The summed E-state index contributed by atoms with van der Waals surface area (Å²) in [5.41, 5.74) is 3.47. The van der Waals surface area contributed by atoms with E-state index in [1.54, 1.807) is 0 Å². The first kappa shape index (κ1) is 16.2. The minimum Gasteiger partial charge on any atom is -0.494 e. The standard InChI is InChI=1S/C19H25NO2/c1-4-12-21-18-9-7-17(8-10-18)20-11-13-22-19-14-15(2)5-6-16(19)3/h5-10,14,20H,4,11-13H2,1-3H3.